The van der Waals surface area contributed by atoms with Crippen molar-refractivity contribution < 1.29 is 9.72 Å². The van der Waals surface area contributed by atoms with E-state index in [0.29, 0.717) is 0 Å². The molecule has 0 bridgehead atoms. The van der Waals surface area contributed by atoms with Crippen molar-refractivity contribution in [2.75, 3.05) is 11.5 Å². The van der Waals surface area contributed by atoms with Crippen LogP contribution < -0.4 is 0 Å². The van der Waals surface area contributed by atoms with Crippen molar-refractivity contribution in [2.24, 2.45) is 0 Å². The number of hydrogen-bond acceptors (Lipinski definition) is 5. The van der Waals surface area contributed by atoms with Gasteiger partial charge < -0.3 is 0 Å². The molecule has 0 aromatic heterocycles. The van der Waals surface area contributed by atoms with Crippen LogP contribution in [0, 0.1) is 10.1 Å². The van der Waals surface area contributed by atoms with Gasteiger partial charge in [0.15, 0.2) is 5.78 Å². The molecule has 1 heterocycles. The molecule has 0 amide bonds. The Kier molecular flexibility index (Phi) is 5.67. The van der Waals surface area contributed by atoms with E-state index in [0.717, 1.165) is 24.9 Å². The van der Waals surface area contributed by atoms with Crippen LogP contribution in [0.5, 0.6) is 0 Å². The van der Waals surface area contributed by atoms with E-state index in [1.165, 1.54) is 18.2 Å². The topological polar surface area (TPSA) is 60.2 Å². The van der Waals surface area contributed by atoms with Crippen LogP contribution in [0.3, 0.4) is 0 Å². The van der Waals surface area contributed by atoms with Crippen molar-refractivity contribution in [3.8, 4) is 0 Å². The molecule has 4 nitrogen and oxygen atoms in total. The van der Waals surface area contributed by atoms with E-state index in [1.54, 1.807) is 41.7 Å². The van der Waals surface area contributed by atoms with Crippen molar-refractivity contribution in [1.29, 1.82) is 0 Å². The molecule has 0 atom stereocenters. The molecule has 1 fully saturated rings. The van der Waals surface area contributed by atoms with Gasteiger partial charge in [-0.15, -0.1) is 23.5 Å². The van der Waals surface area contributed by atoms with Gasteiger partial charge in [0.2, 0.25) is 0 Å². The Morgan fingerprint density at radius 2 is 1.85 bits per heavy atom. The van der Waals surface area contributed by atoms with Gasteiger partial charge in [-0.1, -0.05) is 6.08 Å². The van der Waals surface area contributed by atoms with Crippen LogP contribution in [-0.2, 0) is 4.79 Å². The van der Waals surface area contributed by atoms with E-state index in [9.17, 15) is 14.9 Å². The van der Waals surface area contributed by atoms with E-state index in [4.69, 9.17) is 0 Å². The van der Waals surface area contributed by atoms with E-state index in [1.807, 2.05) is 0 Å². The minimum atomic E-state index is -0.444. The number of hydrogen-bond donors (Lipinski definition) is 0. The van der Waals surface area contributed by atoms with Crippen molar-refractivity contribution in [3.05, 3.63) is 53.8 Å². The second kappa shape index (κ2) is 7.28. The van der Waals surface area contributed by atoms with Crippen LogP contribution in [0.25, 0.3) is 6.08 Å². The predicted octanol–water partition coefficient (Wildman–Crippen LogP) is 4.26. The SMILES string of the molecule is O=C(/C=C/c1ccc([N+](=O)[O-])cc1)C(I)=C1SCCS1. The van der Waals surface area contributed by atoms with Crippen LogP contribution in [-0.4, -0.2) is 22.2 Å². The number of carbonyl (C=O) groups excluding carboxylic acids is 1. The number of nitro benzene ring substituents is 1. The first-order valence-electron chi connectivity index (χ1n) is 5.70. The number of nitrogens with zero attached hydrogens (tertiary/aromatic N) is 1. The molecule has 1 aliphatic rings. The van der Waals surface area contributed by atoms with Gasteiger partial charge in [-0.2, -0.15) is 0 Å². The van der Waals surface area contributed by atoms with E-state index < -0.39 is 4.92 Å². The van der Waals surface area contributed by atoms with Gasteiger partial charge in [0.25, 0.3) is 5.69 Å². The van der Waals surface area contributed by atoms with Crippen molar-refractivity contribution >= 4 is 63.7 Å². The zero-order valence-corrected chi connectivity index (χ0v) is 14.0. The summed E-state index contributed by atoms with van der Waals surface area (Å²) in [6.07, 6.45) is 3.19. The monoisotopic (exact) mass is 419 g/mol. The maximum absolute atomic E-state index is 12.0. The Morgan fingerprint density at radius 1 is 1.25 bits per heavy atom. The highest BCUT2D eigenvalue weighted by Crippen LogP contribution is 2.40. The number of benzene rings is 1. The Hall–Kier alpha value is -0.800. The molecule has 1 saturated heterocycles. The van der Waals surface area contributed by atoms with Crippen LogP contribution >= 0.6 is 46.1 Å². The largest absolute Gasteiger partial charge is 0.289 e. The maximum Gasteiger partial charge on any atom is 0.269 e. The smallest absolute Gasteiger partial charge is 0.269 e. The lowest BCUT2D eigenvalue weighted by Gasteiger charge is -1.98. The summed E-state index contributed by atoms with van der Waals surface area (Å²) in [6, 6.07) is 6.11. The van der Waals surface area contributed by atoms with Crippen LogP contribution in [0.2, 0.25) is 0 Å². The normalized spacial score (nSPS) is 14.8. The zero-order valence-electron chi connectivity index (χ0n) is 10.2. The third-order valence-electron chi connectivity index (χ3n) is 2.48. The second-order valence-electron chi connectivity index (χ2n) is 3.84. The van der Waals surface area contributed by atoms with E-state index in [-0.39, 0.29) is 11.5 Å². The minimum absolute atomic E-state index is 0.0270. The molecule has 2 rings (SSSR count). The highest BCUT2D eigenvalue weighted by atomic mass is 127. The number of rotatable bonds is 4. The lowest BCUT2D eigenvalue weighted by Crippen LogP contribution is -1.92. The lowest BCUT2D eigenvalue weighted by molar-refractivity contribution is -0.384. The van der Waals surface area contributed by atoms with Crippen molar-refractivity contribution in [3.63, 3.8) is 0 Å². The number of non-ortho nitro benzene ring substituents is 1. The quantitative estimate of drug-likeness (QED) is 0.316. The maximum atomic E-state index is 12.0. The van der Waals surface area contributed by atoms with Gasteiger partial charge in [0.1, 0.15) is 0 Å². The fraction of sp³-hybridized carbons (Fsp3) is 0.154. The number of halogens is 1. The molecule has 20 heavy (non-hydrogen) atoms. The first-order valence-corrected chi connectivity index (χ1v) is 8.75. The molecule has 7 heteroatoms. The highest BCUT2D eigenvalue weighted by Gasteiger charge is 2.16. The first-order chi connectivity index (χ1) is 9.58. The summed E-state index contributed by atoms with van der Waals surface area (Å²) in [5.41, 5.74) is 0.814. The summed E-state index contributed by atoms with van der Waals surface area (Å²) < 4.78 is 1.83. The van der Waals surface area contributed by atoms with Crippen LogP contribution in [0.15, 0.2) is 38.2 Å². The number of ketones is 1. The van der Waals surface area contributed by atoms with Crippen molar-refractivity contribution in [1.82, 2.24) is 0 Å². The summed E-state index contributed by atoms with van der Waals surface area (Å²) in [5.74, 6) is 2.07. The predicted molar refractivity (Wildman–Crippen MR) is 93.1 cm³/mol. The molecule has 0 saturated carbocycles. The molecule has 0 radical (unpaired) electrons. The first kappa shape index (κ1) is 15.6. The third kappa shape index (κ3) is 4.10. The summed E-state index contributed by atoms with van der Waals surface area (Å²) in [4.78, 5) is 22.1. The summed E-state index contributed by atoms with van der Waals surface area (Å²) in [7, 11) is 0. The lowest BCUT2D eigenvalue weighted by atomic mass is 10.2. The minimum Gasteiger partial charge on any atom is -0.289 e. The Balaban J connectivity index is 2.07. The summed E-state index contributed by atoms with van der Waals surface area (Å²) in [5, 5.41) is 10.5. The molecule has 104 valence electrons. The molecule has 0 aliphatic carbocycles. The number of carbonyl (C=O) groups is 1. The molecule has 1 aromatic carbocycles. The number of thioether (sulfide) groups is 2. The van der Waals surface area contributed by atoms with Gasteiger partial charge >= 0.3 is 0 Å². The fourth-order valence-electron chi connectivity index (χ4n) is 1.49. The van der Waals surface area contributed by atoms with Gasteiger partial charge in [0, 0.05) is 23.6 Å². The molecular weight excluding hydrogens is 409 g/mol. The number of nitro groups is 1. The van der Waals surface area contributed by atoms with Crippen LogP contribution in [0.4, 0.5) is 5.69 Å². The molecule has 0 N–H and O–H groups in total. The summed E-state index contributed by atoms with van der Waals surface area (Å²) >= 11 is 5.50. The fourth-order valence-corrected chi connectivity index (χ4v) is 4.93. The number of allylic oxidation sites excluding steroid dienone is 2. The van der Waals surface area contributed by atoms with Gasteiger partial charge in [-0.25, -0.2) is 0 Å². The average Bonchev–Trinajstić information content (AvgIpc) is 2.98. The van der Waals surface area contributed by atoms with Gasteiger partial charge in [-0.05, 0) is 46.4 Å². The highest BCUT2D eigenvalue weighted by molar-refractivity contribution is 14.1. The van der Waals surface area contributed by atoms with E-state index >= 15 is 0 Å². The molecule has 1 aromatic rings. The standard InChI is InChI=1S/C13H10INO3S2/c14-12(13-19-7-8-20-13)11(16)6-3-9-1-4-10(5-2-9)15(17)18/h1-6H,7-8H2/b6-3+. The van der Waals surface area contributed by atoms with E-state index in [2.05, 4.69) is 22.6 Å². The zero-order chi connectivity index (χ0) is 14.5. The molecule has 0 unspecified atom stereocenters. The van der Waals surface area contributed by atoms with Crippen LogP contribution in [0.1, 0.15) is 5.56 Å². The van der Waals surface area contributed by atoms with Gasteiger partial charge in [0.05, 0.1) is 12.7 Å². The van der Waals surface area contributed by atoms with Gasteiger partial charge in [-0.3, -0.25) is 14.9 Å². The average molecular weight is 419 g/mol. The molecular formula is C13H10INO3S2. The Morgan fingerprint density at radius 3 is 2.40 bits per heavy atom. The Bertz CT molecular complexity index is 588. The second-order valence-corrected chi connectivity index (χ2v) is 7.39. The molecule has 0 spiro atoms. The molecule has 1 aliphatic heterocycles. The third-order valence-corrected chi connectivity index (χ3v) is 6.99. The Labute approximate surface area is 138 Å². The summed E-state index contributed by atoms with van der Waals surface area (Å²) in [6.45, 7) is 0. The van der Waals surface area contributed by atoms with Crippen molar-refractivity contribution in [2.45, 2.75) is 0 Å².